The molecule has 130 valence electrons. The van der Waals surface area contributed by atoms with Crippen LogP contribution in [-0.4, -0.2) is 63.7 Å². The Hall–Kier alpha value is -1.92. The number of amides is 1. The van der Waals surface area contributed by atoms with Crippen molar-refractivity contribution < 1.29 is 19.8 Å². The molecule has 24 heavy (non-hydrogen) atoms. The summed E-state index contributed by atoms with van der Waals surface area (Å²) in [4.78, 5) is 26.5. The van der Waals surface area contributed by atoms with Gasteiger partial charge in [0, 0.05) is 32.6 Å². The summed E-state index contributed by atoms with van der Waals surface area (Å²) in [6.45, 7) is 3.07. The van der Waals surface area contributed by atoms with E-state index in [1.165, 1.54) is 11.1 Å². The molecule has 0 bridgehead atoms. The van der Waals surface area contributed by atoms with Crippen molar-refractivity contribution in [3.05, 3.63) is 35.4 Å². The Labute approximate surface area is 141 Å². The lowest BCUT2D eigenvalue weighted by molar-refractivity contribution is -0.140. The average molecular weight is 332 g/mol. The standard InChI is InChI=1S/C18H24N2O4/c21-16(5-6-17(22)23)20-10-8-18(24,13-20)12-19-9-7-14-3-1-2-4-15(14)11-19/h1-4,24H,5-13H2,(H,22,23)/t18-/m0/s1. The fourth-order valence-electron chi connectivity index (χ4n) is 3.68. The Bertz CT molecular complexity index is 633. The molecule has 2 aliphatic heterocycles. The zero-order chi connectivity index (χ0) is 17.2. The Morgan fingerprint density at radius 2 is 1.88 bits per heavy atom. The van der Waals surface area contributed by atoms with Gasteiger partial charge in [-0.1, -0.05) is 24.3 Å². The minimum atomic E-state index is -0.968. The number of benzene rings is 1. The number of carboxylic acid groups (broad SMARTS) is 1. The highest BCUT2D eigenvalue weighted by Crippen LogP contribution is 2.26. The molecule has 1 atom stereocenters. The van der Waals surface area contributed by atoms with E-state index in [2.05, 4.69) is 23.1 Å². The molecule has 1 fully saturated rings. The summed E-state index contributed by atoms with van der Waals surface area (Å²) < 4.78 is 0. The van der Waals surface area contributed by atoms with Gasteiger partial charge in [0.25, 0.3) is 0 Å². The van der Waals surface area contributed by atoms with E-state index in [0.717, 1.165) is 19.5 Å². The van der Waals surface area contributed by atoms with Gasteiger partial charge in [0.15, 0.2) is 0 Å². The summed E-state index contributed by atoms with van der Waals surface area (Å²) in [7, 11) is 0. The molecule has 0 unspecified atom stereocenters. The van der Waals surface area contributed by atoms with E-state index in [1.54, 1.807) is 4.90 Å². The molecule has 1 aromatic rings. The van der Waals surface area contributed by atoms with Crippen molar-refractivity contribution in [2.45, 2.75) is 37.8 Å². The smallest absolute Gasteiger partial charge is 0.303 e. The number of nitrogens with zero attached hydrogens (tertiary/aromatic N) is 2. The molecule has 0 saturated carbocycles. The van der Waals surface area contributed by atoms with Gasteiger partial charge in [0.2, 0.25) is 5.91 Å². The molecular weight excluding hydrogens is 308 g/mol. The topological polar surface area (TPSA) is 81.1 Å². The maximum atomic E-state index is 12.0. The van der Waals surface area contributed by atoms with Crippen LogP contribution in [0.2, 0.25) is 0 Å². The van der Waals surface area contributed by atoms with Gasteiger partial charge in [0.1, 0.15) is 0 Å². The Balaban J connectivity index is 1.54. The van der Waals surface area contributed by atoms with E-state index in [0.29, 0.717) is 26.1 Å². The number of aliphatic carboxylic acids is 1. The summed E-state index contributed by atoms with van der Waals surface area (Å²) in [5, 5.41) is 19.5. The van der Waals surface area contributed by atoms with Crippen LogP contribution >= 0.6 is 0 Å². The Kier molecular flexibility index (Phi) is 4.87. The van der Waals surface area contributed by atoms with E-state index in [4.69, 9.17) is 5.11 Å². The zero-order valence-corrected chi connectivity index (χ0v) is 13.8. The van der Waals surface area contributed by atoms with E-state index in [9.17, 15) is 14.7 Å². The normalized spacial score (nSPS) is 24.0. The van der Waals surface area contributed by atoms with Crippen LogP contribution in [0.25, 0.3) is 0 Å². The fourth-order valence-corrected chi connectivity index (χ4v) is 3.68. The average Bonchev–Trinajstić information content (AvgIpc) is 2.94. The first-order valence-electron chi connectivity index (χ1n) is 8.46. The monoisotopic (exact) mass is 332 g/mol. The van der Waals surface area contributed by atoms with E-state index < -0.39 is 11.6 Å². The molecule has 0 aromatic heterocycles. The van der Waals surface area contributed by atoms with Crippen LogP contribution in [0.1, 0.15) is 30.4 Å². The van der Waals surface area contributed by atoms with Crippen LogP contribution < -0.4 is 0 Å². The van der Waals surface area contributed by atoms with Crippen molar-refractivity contribution in [2.24, 2.45) is 0 Å². The predicted molar refractivity (Wildman–Crippen MR) is 88.4 cm³/mol. The minimum absolute atomic E-state index is 0.00248. The van der Waals surface area contributed by atoms with E-state index >= 15 is 0 Å². The van der Waals surface area contributed by atoms with Gasteiger partial charge in [0.05, 0.1) is 18.6 Å². The van der Waals surface area contributed by atoms with E-state index in [1.807, 2.05) is 6.07 Å². The summed E-state index contributed by atoms with van der Waals surface area (Å²) in [5.41, 5.74) is 1.78. The van der Waals surface area contributed by atoms with Crippen LogP contribution in [0.3, 0.4) is 0 Å². The maximum Gasteiger partial charge on any atom is 0.303 e. The lowest BCUT2D eigenvalue weighted by Gasteiger charge is -2.34. The summed E-state index contributed by atoms with van der Waals surface area (Å²) >= 11 is 0. The molecule has 6 nitrogen and oxygen atoms in total. The van der Waals surface area contributed by atoms with Crippen LogP contribution in [0.15, 0.2) is 24.3 Å². The number of hydrogen-bond donors (Lipinski definition) is 2. The predicted octanol–water partition coefficient (Wildman–Crippen LogP) is 0.873. The largest absolute Gasteiger partial charge is 0.481 e. The molecular formula is C18H24N2O4. The fraction of sp³-hybridized carbons (Fsp3) is 0.556. The van der Waals surface area contributed by atoms with Gasteiger partial charge in [-0.2, -0.15) is 0 Å². The van der Waals surface area contributed by atoms with Crippen molar-refractivity contribution in [1.29, 1.82) is 0 Å². The Morgan fingerprint density at radius 3 is 2.62 bits per heavy atom. The molecule has 1 amide bonds. The highest BCUT2D eigenvalue weighted by atomic mass is 16.4. The molecule has 3 rings (SSSR count). The van der Waals surface area contributed by atoms with Crippen molar-refractivity contribution in [3.63, 3.8) is 0 Å². The van der Waals surface area contributed by atoms with Crippen molar-refractivity contribution >= 4 is 11.9 Å². The summed E-state index contributed by atoms with van der Waals surface area (Å²) in [5.74, 6) is -1.15. The van der Waals surface area contributed by atoms with Gasteiger partial charge in [-0.25, -0.2) is 0 Å². The molecule has 0 spiro atoms. The Morgan fingerprint density at radius 1 is 1.12 bits per heavy atom. The second-order valence-corrected chi connectivity index (χ2v) is 6.91. The number of aliphatic hydroxyl groups is 1. The molecule has 2 heterocycles. The number of rotatable bonds is 5. The molecule has 6 heteroatoms. The summed E-state index contributed by atoms with van der Waals surface area (Å²) in [6, 6.07) is 8.37. The summed E-state index contributed by atoms with van der Waals surface area (Å²) in [6.07, 6.45) is 1.37. The third-order valence-corrected chi connectivity index (χ3v) is 4.97. The number of β-amino-alcohol motifs (C(OH)–C–C–N with tert-alkyl or cyclic N) is 1. The molecule has 1 saturated heterocycles. The number of carbonyl (C=O) groups is 2. The van der Waals surface area contributed by atoms with Crippen LogP contribution in [0.4, 0.5) is 0 Å². The highest BCUT2D eigenvalue weighted by Gasteiger charge is 2.39. The SMILES string of the molecule is O=C(O)CCC(=O)N1CC[C@](O)(CN2CCc3ccccc3C2)C1. The second-order valence-electron chi connectivity index (χ2n) is 6.91. The number of fused-ring (bicyclic) bond motifs is 1. The molecule has 2 N–H and O–H groups in total. The zero-order valence-electron chi connectivity index (χ0n) is 13.8. The van der Waals surface area contributed by atoms with Gasteiger partial charge in [-0.3, -0.25) is 14.5 Å². The lowest BCUT2D eigenvalue weighted by atomic mass is 9.97. The first-order chi connectivity index (χ1) is 11.5. The first-order valence-corrected chi connectivity index (χ1v) is 8.46. The first kappa shape index (κ1) is 16.9. The highest BCUT2D eigenvalue weighted by molar-refractivity contribution is 5.81. The lowest BCUT2D eigenvalue weighted by Crippen LogP contribution is -2.47. The maximum absolute atomic E-state index is 12.0. The third kappa shape index (κ3) is 3.94. The number of carbonyl (C=O) groups excluding carboxylic acids is 1. The molecule has 1 aromatic carbocycles. The molecule has 2 aliphatic rings. The van der Waals surface area contributed by atoms with Gasteiger partial charge >= 0.3 is 5.97 Å². The minimum Gasteiger partial charge on any atom is -0.481 e. The number of likely N-dealkylation sites (tertiary alicyclic amines) is 1. The third-order valence-electron chi connectivity index (χ3n) is 4.97. The second kappa shape index (κ2) is 6.91. The van der Waals surface area contributed by atoms with Crippen LogP contribution in [-0.2, 0) is 22.6 Å². The molecule has 0 radical (unpaired) electrons. The quantitative estimate of drug-likeness (QED) is 0.836. The van der Waals surface area contributed by atoms with Crippen LogP contribution in [0, 0.1) is 0 Å². The van der Waals surface area contributed by atoms with Crippen molar-refractivity contribution in [3.8, 4) is 0 Å². The van der Waals surface area contributed by atoms with Crippen molar-refractivity contribution in [2.75, 3.05) is 26.2 Å². The number of hydrogen-bond acceptors (Lipinski definition) is 4. The van der Waals surface area contributed by atoms with Gasteiger partial charge < -0.3 is 15.1 Å². The van der Waals surface area contributed by atoms with Gasteiger partial charge in [-0.05, 0) is 24.0 Å². The van der Waals surface area contributed by atoms with E-state index in [-0.39, 0.29) is 18.7 Å². The van der Waals surface area contributed by atoms with Crippen LogP contribution in [0.5, 0.6) is 0 Å². The van der Waals surface area contributed by atoms with Crippen molar-refractivity contribution in [1.82, 2.24) is 9.80 Å². The van der Waals surface area contributed by atoms with Gasteiger partial charge in [-0.15, -0.1) is 0 Å². The molecule has 0 aliphatic carbocycles. The number of carboxylic acids is 1.